The van der Waals surface area contributed by atoms with E-state index in [1.54, 1.807) is 0 Å². The zero-order valence-electron chi connectivity index (χ0n) is 13.2. The minimum absolute atomic E-state index is 0.155. The summed E-state index contributed by atoms with van der Waals surface area (Å²) in [5.41, 5.74) is -0.236. The van der Waals surface area contributed by atoms with Crippen LogP contribution in [0.1, 0.15) is 66.2 Å². The van der Waals surface area contributed by atoms with Gasteiger partial charge in [-0.25, -0.2) is 0 Å². The van der Waals surface area contributed by atoms with Gasteiger partial charge in [0.15, 0.2) is 0 Å². The number of aliphatic hydroxyl groups excluding tert-OH is 1. The Balaban J connectivity index is 2.29. The number of nitrogens with one attached hydrogen (secondary N) is 1. The van der Waals surface area contributed by atoms with E-state index in [1.807, 2.05) is 0 Å². The van der Waals surface area contributed by atoms with Crippen molar-refractivity contribution in [3.63, 3.8) is 0 Å². The van der Waals surface area contributed by atoms with Gasteiger partial charge in [0.25, 0.3) is 0 Å². The van der Waals surface area contributed by atoms with Crippen LogP contribution in [0, 0.1) is 5.92 Å². The van der Waals surface area contributed by atoms with Crippen LogP contribution in [-0.4, -0.2) is 36.0 Å². The number of rotatable bonds is 8. The fourth-order valence-electron chi connectivity index (χ4n) is 3.21. The van der Waals surface area contributed by atoms with E-state index in [2.05, 4.69) is 33.0 Å². The third-order valence-corrected chi connectivity index (χ3v) is 4.07. The van der Waals surface area contributed by atoms with Crippen LogP contribution in [-0.2, 0) is 4.74 Å². The molecule has 0 bridgehead atoms. The van der Waals surface area contributed by atoms with Crippen molar-refractivity contribution in [2.75, 3.05) is 13.2 Å². The van der Waals surface area contributed by atoms with E-state index in [1.165, 1.54) is 32.1 Å². The van der Waals surface area contributed by atoms with Crippen molar-refractivity contribution in [2.24, 2.45) is 5.92 Å². The molecule has 1 aliphatic rings. The molecule has 0 aromatic heterocycles. The molecule has 3 heteroatoms. The summed E-state index contributed by atoms with van der Waals surface area (Å²) < 4.78 is 6.01. The number of hydrogen-bond acceptors (Lipinski definition) is 3. The fraction of sp³-hybridized carbons (Fsp3) is 1.00. The van der Waals surface area contributed by atoms with Crippen LogP contribution >= 0.6 is 0 Å². The highest BCUT2D eigenvalue weighted by atomic mass is 16.5. The third kappa shape index (κ3) is 6.73. The molecule has 0 saturated heterocycles. The van der Waals surface area contributed by atoms with Gasteiger partial charge in [0, 0.05) is 18.2 Å². The Bertz CT molecular complexity index is 239. The average Bonchev–Trinajstić information content (AvgIpc) is 2.36. The van der Waals surface area contributed by atoms with E-state index in [0.29, 0.717) is 6.04 Å². The minimum Gasteiger partial charge on any atom is -0.394 e. The second-order valence-corrected chi connectivity index (χ2v) is 6.87. The van der Waals surface area contributed by atoms with Crippen molar-refractivity contribution in [3.05, 3.63) is 0 Å². The SMILES string of the molecule is CC(C)NC(C)(CO)CC(C)OCC1CCCCC1. The smallest absolute Gasteiger partial charge is 0.0611 e. The first-order valence-corrected chi connectivity index (χ1v) is 7.95. The molecule has 0 aromatic carbocycles. The van der Waals surface area contributed by atoms with E-state index in [-0.39, 0.29) is 18.2 Å². The molecule has 0 heterocycles. The lowest BCUT2D eigenvalue weighted by Crippen LogP contribution is -2.51. The Labute approximate surface area is 119 Å². The van der Waals surface area contributed by atoms with Gasteiger partial charge in [-0.3, -0.25) is 0 Å². The van der Waals surface area contributed by atoms with Crippen LogP contribution in [0.3, 0.4) is 0 Å². The second-order valence-electron chi connectivity index (χ2n) is 6.87. The van der Waals surface area contributed by atoms with E-state index in [4.69, 9.17) is 4.74 Å². The summed E-state index contributed by atoms with van der Waals surface area (Å²) in [7, 11) is 0. The molecule has 114 valence electrons. The second kappa shape index (κ2) is 8.23. The molecule has 3 nitrogen and oxygen atoms in total. The Hall–Kier alpha value is -0.120. The van der Waals surface area contributed by atoms with Crippen LogP contribution in [0.25, 0.3) is 0 Å². The zero-order valence-corrected chi connectivity index (χ0v) is 13.2. The Morgan fingerprint density at radius 2 is 1.84 bits per heavy atom. The standard InChI is InChI=1S/C16H33NO2/c1-13(2)17-16(4,12-18)10-14(3)19-11-15-8-6-5-7-9-15/h13-15,17-18H,5-12H2,1-4H3. The molecule has 0 aliphatic heterocycles. The number of hydrogen-bond donors (Lipinski definition) is 2. The van der Waals surface area contributed by atoms with Crippen LogP contribution in [0.15, 0.2) is 0 Å². The highest BCUT2D eigenvalue weighted by Crippen LogP contribution is 2.25. The summed E-state index contributed by atoms with van der Waals surface area (Å²) in [6.07, 6.45) is 7.84. The summed E-state index contributed by atoms with van der Waals surface area (Å²) in [6, 6.07) is 0.377. The molecule has 0 amide bonds. The minimum atomic E-state index is -0.236. The molecule has 0 aromatic rings. The Morgan fingerprint density at radius 3 is 2.37 bits per heavy atom. The van der Waals surface area contributed by atoms with E-state index in [9.17, 15) is 5.11 Å². The van der Waals surface area contributed by atoms with Crippen LogP contribution in [0.4, 0.5) is 0 Å². The first-order chi connectivity index (χ1) is 8.95. The maximum Gasteiger partial charge on any atom is 0.0611 e. The maximum absolute atomic E-state index is 9.58. The monoisotopic (exact) mass is 271 g/mol. The fourth-order valence-corrected chi connectivity index (χ4v) is 3.21. The largest absolute Gasteiger partial charge is 0.394 e. The number of ether oxygens (including phenoxy) is 1. The predicted octanol–water partition coefficient (Wildman–Crippen LogP) is 3.11. The van der Waals surface area contributed by atoms with E-state index < -0.39 is 0 Å². The Kier molecular flexibility index (Phi) is 7.33. The molecule has 1 rings (SSSR count). The van der Waals surface area contributed by atoms with Gasteiger partial charge in [0.2, 0.25) is 0 Å². The molecule has 19 heavy (non-hydrogen) atoms. The molecule has 1 fully saturated rings. The van der Waals surface area contributed by atoms with Crippen molar-refractivity contribution in [1.29, 1.82) is 0 Å². The van der Waals surface area contributed by atoms with Crippen molar-refractivity contribution < 1.29 is 9.84 Å². The first-order valence-electron chi connectivity index (χ1n) is 7.95. The van der Waals surface area contributed by atoms with Crippen LogP contribution in [0.2, 0.25) is 0 Å². The molecule has 1 saturated carbocycles. The highest BCUT2D eigenvalue weighted by molar-refractivity contribution is 4.86. The predicted molar refractivity (Wildman–Crippen MR) is 80.4 cm³/mol. The zero-order chi connectivity index (χ0) is 14.3. The molecule has 0 spiro atoms. The Morgan fingerprint density at radius 1 is 1.21 bits per heavy atom. The normalized spacial score (nSPS) is 22.4. The molecule has 1 aliphatic carbocycles. The van der Waals surface area contributed by atoms with Gasteiger partial charge in [-0.05, 0) is 39.0 Å². The van der Waals surface area contributed by atoms with Crippen molar-refractivity contribution >= 4 is 0 Å². The van der Waals surface area contributed by atoms with Crippen molar-refractivity contribution in [3.8, 4) is 0 Å². The maximum atomic E-state index is 9.58. The quantitative estimate of drug-likeness (QED) is 0.713. The molecule has 2 atom stereocenters. The average molecular weight is 271 g/mol. The summed E-state index contributed by atoms with van der Waals surface area (Å²) in [5.74, 6) is 0.759. The third-order valence-electron chi connectivity index (χ3n) is 4.07. The van der Waals surface area contributed by atoms with E-state index in [0.717, 1.165) is 18.9 Å². The van der Waals surface area contributed by atoms with Crippen LogP contribution in [0.5, 0.6) is 0 Å². The van der Waals surface area contributed by atoms with Gasteiger partial charge in [0.1, 0.15) is 0 Å². The van der Waals surface area contributed by atoms with Crippen LogP contribution < -0.4 is 5.32 Å². The molecule has 2 unspecified atom stereocenters. The lowest BCUT2D eigenvalue weighted by Gasteiger charge is -2.34. The van der Waals surface area contributed by atoms with Gasteiger partial charge in [0.05, 0.1) is 12.7 Å². The van der Waals surface area contributed by atoms with Crippen molar-refractivity contribution in [2.45, 2.75) is 83.9 Å². The van der Waals surface area contributed by atoms with Gasteiger partial charge in [-0.2, -0.15) is 0 Å². The summed E-state index contributed by atoms with van der Waals surface area (Å²) in [4.78, 5) is 0. The summed E-state index contributed by atoms with van der Waals surface area (Å²) in [6.45, 7) is 9.47. The lowest BCUT2D eigenvalue weighted by atomic mass is 9.90. The number of aliphatic hydroxyl groups is 1. The van der Waals surface area contributed by atoms with Gasteiger partial charge in [-0.15, -0.1) is 0 Å². The highest BCUT2D eigenvalue weighted by Gasteiger charge is 2.27. The molecular formula is C16H33NO2. The van der Waals surface area contributed by atoms with Crippen molar-refractivity contribution in [1.82, 2.24) is 5.32 Å². The first kappa shape index (κ1) is 16.9. The summed E-state index contributed by atoms with van der Waals surface area (Å²) in [5, 5.41) is 13.0. The van der Waals surface area contributed by atoms with E-state index >= 15 is 0 Å². The molecule has 0 radical (unpaired) electrons. The lowest BCUT2D eigenvalue weighted by molar-refractivity contribution is 0.00265. The van der Waals surface area contributed by atoms with Gasteiger partial charge < -0.3 is 15.2 Å². The topological polar surface area (TPSA) is 41.5 Å². The molecule has 2 N–H and O–H groups in total. The summed E-state index contributed by atoms with van der Waals surface area (Å²) >= 11 is 0. The molecular weight excluding hydrogens is 238 g/mol. The van der Waals surface area contributed by atoms with Gasteiger partial charge in [-0.1, -0.05) is 33.1 Å². The van der Waals surface area contributed by atoms with Gasteiger partial charge >= 0.3 is 0 Å².